The van der Waals surface area contributed by atoms with Crippen LogP contribution in [-0.4, -0.2) is 69.5 Å². The van der Waals surface area contributed by atoms with Gasteiger partial charge in [-0.05, 0) is 73.4 Å². The Morgan fingerprint density at radius 1 is 1.05 bits per heavy atom. The van der Waals surface area contributed by atoms with E-state index in [0.717, 1.165) is 43.2 Å². The van der Waals surface area contributed by atoms with Gasteiger partial charge in [-0.1, -0.05) is 24.3 Å². The maximum Gasteiger partial charge on any atom is 0.319 e. The second-order valence-corrected chi connectivity index (χ2v) is 12.5. The maximum absolute atomic E-state index is 16.5. The number of alkyl halides is 1. The second-order valence-electron chi connectivity index (χ2n) is 12.5. The van der Waals surface area contributed by atoms with E-state index in [0.29, 0.717) is 41.6 Å². The number of aromatic nitrogens is 3. The Morgan fingerprint density at radius 3 is 2.73 bits per heavy atom. The molecule has 0 radical (unpaired) electrons. The monoisotopic (exact) mass is 557 g/mol. The molecule has 3 aliphatic heterocycles. The van der Waals surface area contributed by atoms with E-state index >= 15 is 4.39 Å². The standard InChI is InChI=1S/C32H33F2N5O2/c33-22-13-32(8-3-9-39(32)17-22)18-41-31-36-29-26(30(37-31)38-15-19-6-7-20(10-19)16-38)14-35-28(27(29)34)25-12-23(40)11-21-4-1-2-5-24(21)25/h1-2,4-5,11-12,14,19-20,22,40H,3,6-10,13,15-18H2/t19?,20?,22-,32+/m0/s1. The number of hydrogen-bond acceptors (Lipinski definition) is 7. The van der Waals surface area contributed by atoms with Crippen molar-refractivity contribution in [1.29, 1.82) is 0 Å². The lowest BCUT2D eigenvalue weighted by atomic mass is 9.95. The number of phenolic OH excluding ortho intramolecular Hbond substituents is 1. The van der Waals surface area contributed by atoms with Crippen LogP contribution in [0.5, 0.6) is 11.8 Å². The number of rotatable bonds is 5. The summed E-state index contributed by atoms with van der Waals surface area (Å²) in [5.41, 5.74) is 0.412. The zero-order valence-corrected chi connectivity index (χ0v) is 22.9. The Bertz CT molecular complexity index is 1650. The van der Waals surface area contributed by atoms with E-state index in [4.69, 9.17) is 9.72 Å². The molecular weight excluding hydrogens is 524 g/mol. The first-order valence-electron chi connectivity index (χ1n) is 14.8. The van der Waals surface area contributed by atoms with Crippen LogP contribution in [0, 0.1) is 17.7 Å². The predicted octanol–water partition coefficient (Wildman–Crippen LogP) is 5.88. The number of phenols is 1. The highest BCUT2D eigenvalue weighted by Gasteiger charge is 2.49. The Balaban J connectivity index is 1.24. The molecule has 212 valence electrons. The largest absolute Gasteiger partial charge is 0.508 e. The molecule has 0 amide bonds. The van der Waals surface area contributed by atoms with E-state index in [-0.39, 0.29) is 35.1 Å². The van der Waals surface area contributed by atoms with Crippen molar-refractivity contribution >= 4 is 27.5 Å². The quantitative estimate of drug-likeness (QED) is 0.328. The number of benzene rings is 2. The lowest BCUT2D eigenvalue weighted by Gasteiger charge is -2.34. The molecule has 4 fully saturated rings. The average Bonchev–Trinajstić information content (AvgIpc) is 3.61. The average molecular weight is 558 g/mol. The molecule has 2 bridgehead atoms. The number of nitrogens with zero attached hydrogens (tertiary/aromatic N) is 5. The van der Waals surface area contributed by atoms with Crippen LogP contribution in [-0.2, 0) is 0 Å². The van der Waals surface area contributed by atoms with Gasteiger partial charge >= 0.3 is 6.01 Å². The van der Waals surface area contributed by atoms with Gasteiger partial charge in [0.25, 0.3) is 0 Å². The van der Waals surface area contributed by atoms with Gasteiger partial charge in [0.15, 0.2) is 5.82 Å². The van der Waals surface area contributed by atoms with Gasteiger partial charge < -0.3 is 14.7 Å². The Hall–Kier alpha value is -3.59. The van der Waals surface area contributed by atoms with Crippen molar-refractivity contribution in [2.24, 2.45) is 11.8 Å². The number of halogens is 2. The van der Waals surface area contributed by atoms with E-state index in [1.807, 2.05) is 24.3 Å². The molecule has 1 aliphatic carbocycles. The van der Waals surface area contributed by atoms with E-state index in [2.05, 4.69) is 19.8 Å². The molecule has 7 nitrogen and oxygen atoms in total. The normalized spacial score (nSPS) is 27.7. The van der Waals surface area contributed by atoms with Crippen LogP contribution in [0.3, 0.4) is 0 Å². The maximum atomic E-state index is 16.5. The predicted molar refractivity (Wildman–Crippen MR) is 153 cm³/mol. The molecule has 5 heterocycles. The van der Waals surface area contributed by atoms with E-state index in [1.165, 1.54) is 19.3 Å². The summed E-state index contributed by atoms with van der Waals surface area (Å²) in [5, 5.41) is 12.6. The number of aromatic hydroxyl groups is 1. The minimum Gasteiger partial charge on any atom is -0.508 e. The van der Waals surface area contributed by atoms with Gasteiger partial charge in [0.1, 0.15) is 35.6 Å². The van der Waals surface area contributed by atoms with Crippen molar-refractivity contribution in [3.63, 3.8) is 0 Å². The first kappa shape index (κ1) is 25.1. The van der Waals surface area contributed by atoms with E-state index in [1.54, 1.807) is 18.3 Å². The van der Waals surface area contributed by atoms with Crippen LogP contribution >= 0.6 is 0 Å². The molecule has 2 unspecified atom stereocenters. The van der Waals surface area contributed by atoms with E-state index in [9.17, 15) is 9.50 Å². The van der Waals surface area contributed by atoms with Crippen molar-refractivity contribution in [2.45, 2.75) is 50.2 Å². The molecule has 4 atom stereocenters. The molecule has 4 aliphatic rings. The van der Waals surface area contributed by atoms with Crippen LogP contribution in [0.25, 0.3) is 32.9 Å². The molecular formula is C32H33F2N5O2. The van der Waals surface area contributed by atoms with Crippen LogP contribution in [0.15, 0.2) is 42.6 Å². The number of anilines is 1. The summed E-state index contributed by atoms with van der Waals surface area (Å²) < 4.78 is 37.2. The molecule has 1 saturated carbocycles. The molecule has 0 spiro atoms. The smallest absolute Gasteiger partial charge is 0.319 e. The first-order chi connectivity index (χ1) is 20.0. The van der Waals surface area contributed by atoms with Crippen molar-refractivity contribution in [1.82, 2.24) is 19.9 Å². The van der Waals surface area contributed by atoms with E-state index < -0.39 is 12.0 Å². The van der Waals surface area contributed by atoms with Crippen molar-refractivity contribution in [2.75, 3.05) is 37.7 Å². The lowest BCUT2D eigenvalue weighted by Crippen LogP contribution is -2.43. The Labute approximate surface area is 237 Å². The number of hydrogen-bond donors (Lipinski definition) is 1. The molecule has 2 aromatic heterocycles. The number of ether oxygens (including phenoxy) is 1. The second kappa shape index (κ2) is 9.48. The summed E-state index contributed by atoms with van der Waals surface area (Å²) in [4.78, 5) is 18.5. The van der Waals surface area contributed by atoms with Crippen LogP contribution < -0.4 is 9.64 Å². The zero-order chi connectivity index (χ0) is 27.7. The Kier molecular flexibility index (Phi) is 5.81. The minimum absolute atomic E-state index is 0.0410. The fourth-order valence-corrected chi connectivity index (χ4v) is 8.03. The summed E-state index contributed by atoms with van der Waals surface area (Å²) in [6.45, 7) is 3.31. The highest BCUT2D eigenvalue weighted by atomic mass is 19.1. The fourth-order valence-electron chi connectivity index (χ4n) is 8.03. The van der Waals surface area contributed by atoms with Crippen molar-refractivity contribution in [3.8, 4) is 23.0 Å². The molecule has 9 heteroatoms. The van der Waals surface area contributed by atoms with Crippen LogP contribution in [0.1, 0.15) is 38.5 Å². The molecule has 3 saturated heterocycles. The van der Waals surface area contributed by atoms with Crippen LogP contribution in [0.2, 0.25) is 0 Å². The SMILES string of the molecule is Oc1cc(-c2ncc3c(N4CC5CCC(C5)C4)nc(OC[C@]45CCCN4C[C@@H](F)C5)nc3c2F)c2ccccc2c1. The zero-order valence-electron chi connectivity index (χ0n) is 22.9. The number of pyridine rings is 1. The lowest BCUT2D eigenvalue weighted by molar-refractivity contribution is 0.107. The topological polar surface area (TPSA) is 74.6 Å². The molecule has 8 rings (SSSR count). The molecule has 41 heavy (non-hydrogen) atoms. The van der Waals surface area contributed by atoms with Gasteiger partial charge in [-0.25, -0.2) is 8.78 Å². The van der Waals surface area contributed by atoms with Crippen molar-refractivity contribution < 1.29 is 18.6 Å². The van der Waals surface area contributed by atoms with Gasteiger partial charge in [-0.15, -0.1) is 0 Å². The first-order valence-corrected chi connectivity index (χ1v) is 14.8. The fraction of sp³-hybridized carbons (Fsp3) is 0.469. The third-order valence-corrected chi connectivity index (χ3v) is 9.88. The van der Waals surface area contributed by atoms with Gasteiger partial charge in [0, 0.05) is 37.8 Å². The summed E-state index contributed by atoms with van der Waals surface area (Å²) in [5.74, 6) is 1.32. The summed E-state index contributed by atoms with van der Waals surface area (Å²) in [7, 11) is 0. The van der Waals surface area contributed by atoms with Gasteiger partial charge in [-0.3, -0.25) is 9.88 Å². The molecule has 4 aromatic rings. The summed E-state index contributed by atoms with van der Waals surface area (Å²) in [6.07, 6.45) is 6.76. The third kappa shape index (κ3) is 4.19. The van der Waals surface area contributed by atoms with Gasteiger partial charge in [0.05, 0.1) is 10.9 Å². The molecule has 2 aromatic carbocycles. The van der Waals surface area contributed by atoms with Gasteiger partial charge in [0.2, 0.25) is 0 Å². The van der Waals surface area contributed by atoms with Crippen molar-refractivity contribution in [3.05, 3.63) is 48.4 Å². The highest BCUT2D eigenvalue weighted by Crippen LogP contribution is 2.43. The summed E-state index contributed by atoms with van der Waals surface area (Å²) in [6, 6.07) is 10.9. The minimum atomic E-state index is -0.862. The van der Waals surface area contributed by atoms with Gasteiger partial charge in [-0.2, -0.15) is 9.97 Å². The van der Waals surface area contributed by atoms with Crippen LogP contribution in [0.4, 0.5) is 14.6 Å². The third-order valence-electron chi connectivity index (χ3n) is 9.88. The number of fused-ring (bicyclic) bond motifs is 5. The summed E-state index contributed by atoms with van der Waals surface area (Å²) >= 11 is 0. The molecule has 1 N–H and O–H groups in total. The number of piperidine rings is 1. The Morgan fingerprint density at radius 2 is 1.88 bits per heavy atom. The highest BCUT2D eigenvalue weighted by molar-refractivity contribution is 5.99.